The zero-order valence-electron chi connectivity index (χ0n) is 11.3. The number of nitrogens with zero attached hydrogens (tertiary/aromatic N) is 2. The van der Waals surface area contributed by atoms with Crippen molar-refractivity contribution in [2.24, 2.45) is 0 Å². The third-order valence-corrected chi connectivity index (χ3v) is 3.47. The van der Waals surface area contributed by atoms with Crippen LogP contribution in [0.1, 0.15) is 0 Å². The molecule has 0 atom stereocenters. The van der Waals surface area contributed by atoms with Crippen LogP contribution in [-0.4, -0.2) is 9.85 Å². The molecule has 6 heteroatoms. The van der Waals surface area contributed by atoms with Crippen LogP contribution in [0.2, 0.25) is 0 Å². The van der Waals surface area contributed by atoms with Crippen LogP contribution in [0, 0.1) is 20.2 Å². The fourth-order valence-corrected chi connectivity index (χ4v) is 2.47. The Labute approximate surface area is 124 Å². The summed E-state index contributed by atoms with van der Waals surface area (Å²) < 4.78 is 0. The number of nitro benzene ring substituents is 2. The van der Waals surface area contributed by atoms with Gasteiger partial charge in [-0.05, 0) is 22.4 Å². The molecule has 0 aliphatic rings. The maximum atomic E-state index is 11.3. The van der Waals surface area contributed by atoms with Crippen LogP contribution in [0.4, 0.5) is 11.4 Å². The molecule has 0 aromatic heterocycles. The van der Waals surface area contributed by atoms with E-state index in [1.165, 1.54) is 12.1 Å². The van der Waals surface area contributed by atoms with Crippen LogP contribution in [0.3, 0.4) is 0 Å². The number of benzene rings is 3. The summed E-state index contributed by atoms with van der Waals surface area (Å²) >= 11 is 0. The molecule has 0 aliphatic heterocycles. The average Bonchev–Trinajstić information content (AvgIpc) is 2.53. The normalized spacial score (nSPS) is 10.5. The molecule has 0 saturated carbocycles. The van der Waals surface area contributed by atoms with Crippen LogP contribution in [-0.2, 0) is 0 Å². The largest absolute Gasteiger partial charge is 0.284 e. The standard InChI is InChI=1S/C16H10N2O4/c19-17(20)12-8-9-15(16(10-12)18(21)22)14-7-3-5-11-4-1-2-6-13(11)14/h1-10H. The molecule has 0 spiro atoms. The van der Waals surface area contributed by atoms with Gasteiger partial charge >= 0.3 is 0 Å². The minimum Gasteiger partial charge on any atom is -0.258 e. The fraction of sp³-hybridized carbons (Fsp3) is 0. The zero-order valence-corrected chi connectivity index (χ0v) is 11.3. The van der Waals surface area contributed by atoms with E-state index in [1.54, 1.807) is 6.07 Å². The lowest BCUT2D eigenvalue weighted by molar-refractivity contribution is -0.393. The topological polar surface area (TPSA) is 86.3 Å². The molecule has 3 rings (SSSR count). The number of hydrogen-bond donors (Lipinski definition) is 0. The van der Waals surface area contributed by atoms with Crippen molar-refractivity contribution in [3.63, 3.8) is 0 Å². The summed E-state index contributed by atoms with van der Waals surface area (Å²) in [5.41, 5.74) is 0.480. The first-order valence-electron chi connectivity index (χ1n) is 6.49. The van der Waals surface area contributed by atoms with Gasteiger partial charge in [0.25, 0.3) is 11.4 Å². The van der Waals surface area contributed by atoms with Crippen molar-refractivity contribution >= 4 is 22.1 Å². The van der Waals surface area contributed by atoms with E-state index in [1.807, 2.05) is 36.4 Å². The number of hydrogen-bond acceptors (Lipinski definition) is 4. The molecular weight excluding hydrogens is 284 g/mol. The molecule has 0 bridgehead atoms. The molecule has 22 heavy (non-hydrogen) atoms. The average molecular weight is 294 g/mol. The predicted octanol–water partition coefficient (Wildman–Crippen LogP) is 4.32. The van der Waals surface area contributed by atoms with Gasteiger partial charge in [0, 0.05) is 6.07 Å². The van der Waals surface area contributed by atoms with E-state index in [2.05, 4.69) is 0 Å². The summed E-state index contributed by atoms with van der Waals surface area (Å²) in [6, 6.07) is 16.7. The number of fused-ring (bicyclic) bond motifs is 1. The highest BCUT2D eigenvalue weighted by Gasteiger charge is 2.21. The van der Waals surface area contributed by atoms with E-state index < -0.39 is 9.85 Å². The Morgan fingerprint density at radius 2 is 1.45 bits per heavy atom. The Morgan fingerprint density at radius 1 is 0.727 bits per heavy atom. The first-order chi connectivity index (χ1) is 10.6. The van der Waals surface area contributed by atoms with Gasteiger partial charge in [-0.25, -0.2) is 0 Å². The van der Waals surface area contributed by atoms with Gasteiger partial charge in [0.15, 0.2) is 0 Å². The van der Waals surface area contributed by atoms with Crippen molar-refractivity contribution in [3.8, 4) is 11.1 Å². The first kappa shape index (κ1) is 13.7. The molecule has 108 valence electrons. The fourth-order valence-electron chi connectivity index (χ4n) is 2.47. The van der Waals surface area contributed by atoms with Crippen LogP contribution in [0.25, 0.3) is 21.9 Å². The van der Waals surface area contributed by atoms with Crippen LogP contribution >= 0.6 is 0 Å². The zero-order chi connectivity index (χ0) is 15.7. The van der Waals surface area contributed by atoms with Crippen LogP contribution in [0.5, 0.6) is 0 Å². The van der Waals surface area contributed by atoms with Gasteiger partial charge in [-0.15, -0.1) is 0 Å². The molecule has 0 unspecified atom stereocenters. The van der Waals surface area contributed by atoms with Gasteiger partial charge in [0.05, 0.1) is 21.5 Å². The van der Waals surface area contributed by atoms with Crippen LogP contribution in [0.15, 0.2) is 60.7 Å². The quantitative estimate of drug-likeness (QED) is 0.531. The van der Waals surface area contributed by atoms with Crippen molar-refractivity contribution < 1.29 is 9.85 Å². The molecule has 3 aromatic carbocycles. The van der Waals surface area contributed by atoms with Gasteiger partial charge in [-0.3, -0.25) is 20.2 Å². The summed E-state index contributed by atoms with van der Waals surface area (Å²) in [5.74, 6) is 0. The van der Waals surface area contributed by atoms with Crippen molar-refractivity contribution in [1.29, 1.82) is 0 Å². The molecular formula is C16H10N2O4. The third-order valence-electron chi connectivity index (χ3n) is 3.47. The lowest BCUT2D eigenvalue weighted by atomic mass is 9.97. The van der Waals surface area contributed by atoms with E-state index in [4.69, 9.17) is 0 Å². The van der Waals surface area contributed by atoms with E-state index in [0.717, 1.165) is 16.8 Å². The lowest BCUT2D eigenvalue weighted by Crippen LogP contribution is -1.95. The lowest BCUT2D eigenvalue weighted by Gasteiger charge is -2.07. The third kappa shape index (κ3) is 2.26. The Hall–Kier alpha value is -3.28. The van der Waals surface area contributed by atoms with Crippen molar-refractivity contribution in [2.45, 2.75) is 0 Å². The molecule has 3 aromatic rings. The number of non-ortho nitro benzene ring substituents is 1. The molecule has 0 fully saturated rings. The maximum absolute atomic E-state index is 11.3. The monoisotopic (exact) mass is 294 g/mol. The van der Waals surface area contributed by atoms with E-state index >= 15 is 0 Å². The summed E-state index contributed by atoms with van der Waals surface area (Å²) in [4.78, 5) is 20.9. The minimum absolute atomic E-state index is 0.273. The highest BCUT2D eigenvalue weighted by atomic mass is 16.6. The summed E-state index contributed by atoms with van der Waals surface area (Å²) in [6.07, 6.45) is 0. The molecule has 0 heterocycles. The van der Waals surface area contributed by atoms with Crippen molar-refractivity contribution in [1.82, 2.24) is 0 Å². The Kier molecular flexibility index (Phi) is 3.27. The van der Waals surface area contributed by atoms with Gasteiger partial charge in [0.2, 0.25) is 0 Å². The van der Waals surface area contributed by atoms with Gasteiger partial charge in [-0.2, -0.15) is 0 Å². The van der Waals surface area contributed by atoms with Crippen molar-refractivity contribution in [2.75, 3.05) is 0 Å². The molecule has 0 amide bonds. The maximum Gasteiger partial charge on any atom is 0.284 e. The predicted molar refractivity (Wildman–Crippen MR) is 82.7 cm³/mol. The second kappa shape index (κ2) is 5.25. The Balaban J connectivity index is 2.31. The highest BCUT2D eigenvalue weighted by molar-refractivity contribution is 5.98. The smallest absolute Gasteiger partial charge is 0.258 e. The van der Waals surface area contributed by atoms with Gasteiger partial charge in [0.1, 0.15) is 0 Å². The molecule has 0 saturated heterocycles. The molecule has 6 nitrogen and oxygen atoms in total. The van der Waals surface area contributed by atoms with Gasteiger partial charge in [-0.1, -0.05) is 42.5 Å². The van der Waals surface area contributed by atoms with E-state index in [0.29, 0.717) is 11.1 Å². The van der Waals surface area contributed by atoms with E-state index in [-0.39, 0.29) is 11.4 Å². The number of nitro groups is 2. The highest BCUT2D eigenvalue weighted by Crippen LogP contribution is 2.36. The summed E-state index contributed by atoms with van der Waals surface area (Å²) in [6.45, 7) is 0. The SMILES string of the molecule is O=[N+]([O-])c1ccc(-c2cccc3ccccc23)c([N+](=O)[O-])c1. The van der Waals surface area contributed by atoms with Crippen molar-refractivity contribution in [3.05, 3.63) is 80.9 Å². The molecule has 0 N–H and O–H groups in total. The van der Waals surface area contributed by atoms with Gasteiger partial charge < -0.3 is 0 Å². The number of rotatable bonds is 3. The first-order valence-corrected chi connectivity index (χ1v) is 6.49. The van der Waals surface area contributed by atoms with E-state index in [9.17, 15) is 20.2 Å². The van der Waals surface area contributed by atoms with Crippen LogP contribution < -0.4 is 0 Å². The second-order valence-corrected chi connectivity index (χ2v) is 4.74. The molecule has 0 aliphatic carbocycles. The second-order valence-electron chi connectivity index (χ2n) is 4.74. The molecule has 0 radical (unpaired) electrons. The summed E-state index contributed by atoms with van der Waals surface area (Å²) in [7, 11) is 0. The minimum atomic E-state index is -0.639. The Bertz CT molecular complexity index is 900. The summed E-state index contributed by atoms with van der Waals surface area (Å²) in [5, 5.41) is 23.9. The Morgan fingerprint density at radius 3 is 2.18 bits per heavy atom.